The molecule has 0 bridgehead atoms. The highest BCUT2D eigenvalue weighted by Gasteiger charge is 2.14. The van der Waals surface area contributed by atoms with E-state index in [0.717, 1.165) is 5.56 Å². The van der Waals surface area contributed by atoms with Crippen molar-refractivity contribution in [2.75, 3.05) is 26.6 Å². The van der Waals surface area contributed by atoms with E-state index in [1.54, 1.807) is 32.2 Å². The summed E-state index contributed by atoms with van der Waals surface area (Å²) in [5, 5.41) is 14.6. The van der Waals surface area contributed by atoms with Crippen LogP contribution in [0, 0.1) is 10.1 Å². The van der Waals surface area contributed by atoms with Crippen LogP contribution in [0.2, 0.25) is 5.02 Å². The summed E-state index contributed by atoms with van der Waals surface area (Å²) in [5.41, 5.74) is 1.21. The monoisotopic (exact) mass is 395 g/mol. The largest absolute Gasteiger partial charge is 0.497 e. The van der Waals surface area contributed by atoms with E-state index in [1.807, 2.05) is 12.1 Å². The number of nitro groups is 1. The number of non-ortho nitro benzene ring substituents is 1. The molecule has 26 heavy (non-hydrogen) atoms. The van der Waals surface area contributed by atoms with Crippen LogP contribution in [-0.4, -0.2) is 36.2 Å². The van der Waals surface area contributed by atoms with Crippen LogP contribution in [0.4, 0.5) is 11.4 Å². The van der Waals surface area contributed by atoms with Gasteiger partial charge >= 0.3 is 0 Å². The molecule has 0 aliphatic rings. The number of nitrogens with one attached hydrogen (secondary N) is 1. The third-order valence-corrected chi connectivity index (χ3v) is 4.39. The van der Waals surface area contributed by atoms with Crippen LogP contribution in [0.25, 0.3) is 0 Å². The highest BCUT2D eigenvalue weighted by Crippen LogP contribution is 2.28. The van der Waals surface area contributed by atoms with Gasteiger partial charge in [0.25, 0.3) is 5.69 Å². The molecule has 0 aliphatic carbocycles. The first-order valence-electron chi connectivity index (χ1n) is 7.52. The fraction of sp³-hybridized carbons (Fsp3) is 0.235. The number of nitrogens with zero attached hydrogens (tertiary/aromatic N) is 2. The molecule has 0 saturated heterocycles. The van der Waals surface area contributed by atoms with E-state index in [9.17, 15) is 10.1 Å². The van der Waals surface area contributed by atoms with Crippen LogP contribution in [0.1, 0.15) is 5.56 Å². The molecule has 0 aliphatic heterocycles. The summed E-state index contributed by atoms with van der Waals surface area (Å²) in [4.78, 5) is 12.2. The van der Waals surface area contributed by atoms with Gasteiger partial charge in [0.15, 0.2) is 5.11 Å². The maximum atomic E-state index is 10.9. The lowest BCUT2D eigenvalue weighted by Crippen LogP contribution is -2.30. The highest BCUT2D eigenvalue weighted by molar-refractivity contribution is 7.80. The lowest BCUT2D eigenvalue weighted by atomic mass is 10.2. The average Bonchev–Trinajstić information content (AvgIpc) is 2.63. The minimum Gasteiger partial charge on any atom is -0.497 e. The fourth-order valence-electron chi connectivity index (χ4n) is 2.24. The van der Waals surface area contributed by atoms with Crippen molar-refractivity contribution in [3.05, 3.63) is 57.1 Å². The number of thiocarbonyl (C=S) groups is 1. The van der Waals surface area contributed by atoms with Crippen molar-refractivity contribution in [2.24, 2.45) is 0 Å². The van der Waals surface area contributed by atoms with Crippen molar-refractivity contribution in [3.8, 4) is 11.5 Å². The van der Waals surface area contributed by atoms with Crippen molar-refractivity contribution < 1.29 is 14.4 Å². The molecule has 0 heterocycles. The molecule has 138 valence electrons. The Bertz CT molecular complexity index is 832. The van der Waals surface area contributed by atoms with Gasteiger partial charge < -0.3 is 19.7 Å². The van der Waals surface area contributed by atoms with Crippen LogP contribution < -0.4 is 14.8 Å². The second-order valence-electron chi connectivity index (χ2n) is 5.39. The Morgan fingerprint density at radius 2 is 2.00 bits per heavy atom. The number of benzene rings is 2. The third-order valence-electron chi connectivity index (χ3n) is 3.65. The molecule has 2 aromatic carbocycles. The summed E-state index contributed by atoms with van der Waals surface area (Å²) in [6, 6.07) is 9.64. The highest BCUT2D eigenvalue weighted by atomic mass is 35.5. The minimum absolute atomic E-state index is 0.0702. The zero-order valence-corrected chi connectivity index (χ0v) is 16.1. The van der Waals surface area contributed by atoms with Crippen LogP contribution in [0.15, 0.2) is 36.4 Å². The topological polar surface area (TPSA) is 76.9 Å². The first-order valence-corrected chi connectivity index (χ1v) is 8.31. The summed E-state index contributed by atoms with van der Waals surface area (Å²) in [5.74, 6) is 1.37. The summed E-state index contributed by atoms with van der Waals surface area (Å²) >= 11 is 11.5. The number of hydrogen-bond donors (Lipinski definition) is 1. The molecule has 0 spiro atoms. The Labute approximate surface area is 161 Å². The second-order valence-corrected chi connectivity index (χ2v) is 6.18. The van der Waals surface area contributed by atoms with E-state index in [2.05, 4.69) is 5.32 Å². The van der Waals surface area contributed by atoms with Gasteiger partial charge in [0.1, 0.15) is 11.5 Å². The van der Waals surface area contributed by atoms with Gasteiger partial charge in [-0.05, 0) is 30.4 Å². The van der Waals surface area contributed by atoms with E-state index < -0.39 is 4.92 Å². The Balaban J connectivity index is 2.13. The molecule has 0 fully saturated rings. The van der Waals surface area contributed by atoms with Crippen LogP contribution in [0.5, 0.6) is 11.5 Å². The molecule has 0 atom stereocenters. The Hall–Kier alpha value is -2.58. The molecule has 2 aromatic rings. The number of ether oxygens (including phenoxy) is 2. The van der Waals surface area contributed by atoms with Crippen molar-refractivity contribution in [1.82, 2.24) is 4.90 Å². The summed E-state index contributed by atoms with van der Waals surface area (Å²) in [6.45, 7) is 0.464. The molecule has 0 unspecified atom stereocenters. The number of methoxy groups -OCH3 is 2. The lowest BCUT2D eigenvalue weighted by molar-refractivity contribution is -0.384. The van der Waals surface area contributed by atoms with Gasteiger partial charge in [0.05, 0.1) is 29.9 Å². The molecule has 7 nitrogen and oxygen atoms in total. The smallest absolute Gasteiger partial charge is 0.271 e. The summed E-state index contributed by atoms with van der Waals surface area (Å²) in [6.07, 6.45) is 0. The first kappa shape index (κ1) is 19.7. The predicted molar refractivity (Wildman–Crippen MR) is 105 cm³/mol. The van der Waals surface area contributed by atoms with E-state index in [1.165, 1.54) is 18.2 Å². The predicted octanol–water partition coefficient (Wildman–Crippen LogP) is 4.09. The summed E-state index contributed by atoms with van der Waals surface area (Å²) in [7, 11) is 4.96. The molecule has 1 N–H and O–H groups in total. The van der Waals surface area contributed by atoms with Gasteiger partial charge in [-0.15, -0.1) is 0 Å². The molecule has 0 aromatic heterocycles. The van der Waals surface area contributed by atoms with E-state index >= 15 is 0 Å². The standard InChI is InChI=1S/C17H18ClN3O4S/c1-20(10-11-4-6-13(24-2)9-16(11)25-3)17(26)19-15-8-12(21(22)23)5-7-14(15)18/h4-9H,10H2,1-3H3,(H,19,26). The number of anilines is 1. The second kappa shape index (κ2) is 8.68. The molecular weight excluding hydrogens is 378 g/mol. The van der Waals surface area contributed by atoms with Crippen molar-refractivity contribution in [2.45, 2.75) is 6.54 Å². The van der Waals surface area contributed by atoms with E-state index in [0.29, 0.717) is 33.9 Å². The molecule has 0 radical (unpaired) electrons. The number of nitro benzene ring substituents is 1. The molecule has 2 rings (SSSR count). The Kier molecular flexibility index (Phi) is 6.59. The number of hydrogen-bond acceptors (Lipinski definition) is 5. The van der Waals surface area contributed by atoms with E-state index in [-0.39, 0.29) is 5.69 Å². The van der Waals surface area contributed by atoms with Crippen LogP contribution in [0.3, 0.4) is 0 Å². The quantitative estimate of drug-likeness (QED) is 0.448. The fourth-order valence-corrected chi connectivity index (χ4v) is 2.58. The van der Waals surface area contributed by atoms with Gasteiger partial charge in [-0.25, -0.2) is 0 Å². The van der Waals surface area contributed by atoms with Gasteiger partial charge in [-0.2, -0.15) is 0 Å². The SMILES string of the molecule is COc1ccc(CN(C)C(=S)Nc2cc([N+](=O)[O-])ccc2Cl)c(OC)c1. The van der Waals surface area contributed by atoms with Gasteiger partial charge in [-0.1, -0.05) is 11.6 Å². The van der Waals surface area contributed by atoms with E-state index in [4.69, 9.17) is 33.3 Å². The van der Waals surface area contributed by atoms with Crippen molar-refractivity contribution in [3.63, 3.8) is 0 Å². The van der Waals surface area contributed by atoms with Crippen LogP contribution >= 0.6 is 23.8 Å². The van der Waals surface area contributed by atoms with Crippen molar-refractivity contribution in [1.29, 1.82) is 0 Å². The maximum Gasteiger partial charge on any atom is 0.271 e. The zero-order chi connectivity index (χ0) is 19.3. The maximum absolute atomic E-state index is 10.9. The summed E-state index contributed by atoms with van der Waals surface area (Å²) < 4.78 is 10.6. The number of halogens is 1. The van der Waals surface area contributed by atoms with Gasteiger partial charge in [0.2, 0.25) is 0 Å². The molecule has 9 heteroatoms. The van der Waals surface area contributed by atoms with Crippen molar-refractivity contribution >= 4 is 40.3 Å². The Morgan fingerprint density at radius 3 is 2.62 bits per heavy atom. The molecular formula is C17H18ClN3O4S. The first-order chi connectivity index (χ1) is 12.3. The third kappa shape index (κ3) is 4.74. The van der Waals surface area contributed by atoms with Crippen LogP contribution in [-0.2, 0) is 6.54 Å². The Morgan fingerprint density at radius 1 is 1.27 bits per heavy atom. The number of rotatable bonds is 6. The molecule has 0 saturated carbocycles. The zero-order valence-electron chi connectivity index (χ0n) is 14.5. The lowest BCUT2D eigenvalue weighted by Gasteiger charge is -2.22. The van der Waals surface area contributed by atoms with Gasteiger partial charge in [0, 0.05) is 37.4 Å². The minimum atomic E-state index is -0.490. The normalized spacial score (nSPS) is 10.2. The molecule has 0 amide bonds. The average molecular weight is 396 g/mol. The van der Waals surface area contributed by atoms with Gasteiger partial charge in [-0.3, -0.25) is 10.1 Å².